The first-order chi connectivity index (χ1) is 6.49. The summed E-state index contributed by atoms with van der Waals surface area (Å²) < 4.78 is 0. The highest BCUT2D eigenvalue weighted by Crippen LogP contribution is 2.24. The first kappa shape index (κ1) is 10.6. The van der Waals surface area contributed by atoms with Crippen LogP contribution in [0, 0.1) is 13.8 Å². The second-order valence-corrected chi connectivity index (χ2v) is 3.41. The number of benzene rings is 1. The molecule has 0 bridgehead atoms. The molecule has 0 aromatic heterocycles. The molecule has 0 saturated heterocycles. The van der Waals surface area contributed by atoms with E-state index in [2.05, 4.69) is 0 Å². The van der Waals surface area contributed by atoms with Crippen molar-refractivity contribution in [3.8, 4) is 0 Å². The van der Waals surface area contributed by atoms with Crippen molar-refractivity contribution in [3.05, 3.63) is 28.3 Å². The van der Waals surface area contributed by atoms with E-state index in [9.17, 15) is 4.79 Å². The van der Waals surface area contributed by atoms with Gasteiger partial charge in [-0.3, -0.25) is 0 Å². The zero-order valence-electron chi connectivity index (χ0n) is 8.72. The minimum absolute atomic E-state index is 0.355. The lowest BCUT2D eigenvalue weighted by molar-refractivity contribution is 0.0696. The van der Waals surface area contributed by atoms with Crippen molar-refractivity contribution < 1.29 is 9.90 Å². The molecule has 0 fully saturated rings. The third-order valence-electron chi connectivity index (χ3n) is 2.65. The van der Waals surface area contributed by atoms with Gasteiger partial charge in [0.2, 0.25) is 0 Å². The highest BCUT2D eigenvalue weighted by molar-refractivity contribution is 5.91. The Hall–Kier alpha value is -1.51. The number of anilines is 1. The SMILES string of the molecule is CCc1cc(C(=O)O)c(C)c(C)c1N. The van der Waals surface area contributed by atoms with Crippen molar-refractivity contribution >= 4 is 11.7 Å². The van der Waals surface area contributed by atoms with Gasteiger partial charge in [-0.05, 0) is 43.0 Å². The maximum atomic E-state index is 10.9. The molecular weight excluding hydrogens is 178 g/mol. The molecule has 1 rings (SSSR count). The van der Waals surface area contributed by atoms with E-state index < -0.39 is 5.97 Å². The van der Waals surface area contributed by atoms with E-state index in [1.165, 1.54) is 0 Å². The Balaban J connectivity index is 3.48. The molecule has 14 heavy (non-hydrogen) atoms. The third kappa shape index (κ3) is 1.58. The van der Waals surface area contributed by atoms with Crippen LogP contribution in [-0.2, 0) is 6.42 Å². The van der Waals surface area contributed by atoms with Crippen LogP contribution in [-0.4, -0.2) is 11.1 Å². The Labute approximate surface area is 83.6 Å². The zero-order valence-corrected chi connectivity index (χ0v) is 8.72. The fourth-order valence-corrected chi connectivity index (χ4v) is 1.52. The summed E-state index contributed by atoms with van der Waals surface area (Å²) in [5, 5.41) is 8.96. The maximum Gasteiger partial charge on any atom is 0.335 e. The average molecular weight is 193 g/mol. The lowest BCUT2D eigenvalue weighted by atomic mass is 9.96. The summed E-state index contributed by atoms with van der Waals surface area (Å²) in [4.78, 5) is 10.9. The zero-order chi connectivity index (χ0) is 10.9. The predicted octanol–water partition coefficient (Wildman–Crippen LogP) is 2.15. The van der Waals surface area contributed by atoms with Crippen LogP contribution in [0.4, 0.5) is 5.69 Å². The second-order valence-electron chi connectivity index (χ2n) is 3.41. The van der Waals surface area contributed by atoms with Gasteiger partial charge in [-0.2, -0.15) is 0 Å². The quantitative estimate of drug-likeness (QED) is 0.707. The second kappa shape index (κ2) is 3.70. The largest absolute Gasteiger partial charge is 0.478 e. The Kier molecular flexibility index (Phi) is 2.79. The van der Waals surface area contributed by atoms with Gasteiger partial charge in [-0.15, -0.1) is 0 Å². The van der Waals surface area contributed by atoms with Crippen LogP contribution in [0.3, 0.4) is 0 Å². The molecule has 0 aliphatic rings. The van der Waals surface area contributed by atoms with Gasteiger partial charge in [0.25, 0.3) is 0 Å². The average Bonchev–Trinajstić information content (AvgIpc) is 2.14. The number of carboxylic acid groups (broad SMARTS) is 1. The fraction of sp³-hybridized carbons (Fsp3) is 0.364. The monoisotopic (exact) mass is 193 g/mol. The van der Waals surface area contributed by atoms with Crippen molar-refractivity contribution in [1.29, 1.82) is 0 Å². The Bertz CT molecular complexity index is 383. The van der Waals surface area contributed by atoms with Crippen LogP contribution in [0.2, 0.25) is 0 Å². The van der Waals surface area contributed by atoms with Gasteiger partial charge in [-0.25, -0.2) is 4.79 Å². The first-order valence-electron chi connectivity index (χ1n) is 4.60. The molecule has 1 aromatic rings. The van der Waals surface area contributed by atoms with Crippen LogP contribution in [0.15, 0.2) is 6.07 Å². The van der Waals surface area contributed by atoms with Crippen LogP contribution >= 0.6 is 0 Å². The van der Waals surface area contributed by atoms with Crippen molar-refractivity contribution in [1.82, 2.24) is 0 Å². The van der Waals surface area contributed by atoms with E-state index in [1.54, 1.807) is 13.0 Å². The van der Waals surface area contributed by atoms with Crippen LogP contribution < -0.4 is 5.73 Å². The summed E-state index contributed by atoms with van der Waals surface area (Å²) in [5.74, 6) is -0.889. The number of carbonyl (C=O) groups is 1. The molecule has 0 spiro atoms. The Morgan fingerprint density at radius 3 is 2.43 bits per heavy atom. The van der Waals surface area contributed by atoms with E-state index >= 15 is 0 Å². The molecule has 0 radical (unpaired) electrons. The first-order valence-corrected chi connectivity index (χ1v) is 4.60. The van der Waals surface area contributed by atoms with Crippen LogP contribution in [0.5, 0.6) is 0 Å². The molecule has 0 amide bonds. The number of aryl methyl sites for hydroxylation is 1. The van der Waals surface area contributed by atoms with Gasteiger partial charge in [-0.1, -0.05) is 6.92 Å². The minimum Gasteiger partial charge on any atom is -0.478 e. The smallest absolute Gasteiger partial charge is 0.335 e. The van der Waals surface area contributed by atoms with Gasteiger partial charge in [0, 0.05) is 5.69 Å². The lowest BCUT2D eigenvalue weighted by Gasteiger charge is -2.12. The maximum absolute atomic E-state index is 10.9. The molecular formula is C11H15NO2. The highest BCUT2D eigenvalue weighted by Gasteiger charge is 2.13. The molecule has 1 aromatic carbocycles. The summed E-state index contributed by atoms with van der Waals surface area (Å²) in [6, 6.07) is 1.67. The van der Waals surface area contributed by atoms with E-state index in [1.807, 2.05) is 13.8 Å². The molecule has 3 nitrogen and oxygen atoms in total. The minimum atomic E-state index is -0.889. The molecule has 76 valence electrons. The van der Waals surface area contributed by atoms with Crippen LogP contribution in [0.25, 0.3) is 0 Å². The number of rotatable bonds is 2. The summed E-state index contributed by atoms with van der Waals surface area (Å²) in [7, 11) is 0. The number of aromatic carboxylic acids is 1. The lowest BCUT2D eigenvalue weighted by Crippen LogP contribution is -2.06. The summed E-state index contributed by atoms with van der Waals surface area (Å²) in [6.07, 6.45) is 0.757. The fourth-order valence-electron chi connectivity index (χ4n) is 1.52. The molecule has 0 saturated carbocycles. The molecule has 0 aliphatic heterocycles. The van der Waals surface area contributed by atoms with Crippen molar-refractivity contribution in [2.24, 2.45) is 0 Å². The molecule has 0 atom stereocenters. The third-order valence-corrected chi connectivity index (χ3v) is 2.65. The molecule has 3 heteroatoms. The van der Waals surface area contributed by atoms with Gasteiger partial charge >= 0.3 is 5.97 Å². The standard InChI is InChI=1S/C11H15NO2/c1-4-8-5-9(11(13)14)6(2)7(3)10(8)12/h5H,4,12H2,1-3H3,(H,13,14). The summed E-state index contributed by atoms with van der Waals surface area (Å²) in [6.45, 7) is 5.61. The molecule has 3 N–H and O–H groups in total. The topological polar surface area (TPSA) is 63.3 Å². The van der Waals surface area contributed by atoms with E-state index in [0.29, 0.717) is 5.56 Å². The van der Waals surface area contributed by atoms with Crippen molar-refractivity contribution in [2.75, 3.05) is 5.73 Å². The van der Waals surface area contributed by atoms with Gasteiger partial charge in [0.1, 0.15) is 0 Å². The molecule has 0 unspecified atom stereocenters. The predicted molar refractivity (Wildman–Crippen MR) is 56.7 cm³/mol. The van der Waals surface area contributed by atoms with Crippen molar-refractivity contribution in [3.63, 3.8) is 0 Å². The Morgan fingerprint density at radius 2 is 2.00 bits per heavy atom. The van der Waals surface area contributed by atoms with Gasteiger partial charge in [0.15, 0.2) is 0 Å². The van der Waals surface area contributed by atoms with E-state index in [4.69, 9.17) is 10.8 Å². The molecule has 0 heterocycles. The number of carboxylic acids is 1. The van der Waals surface area contributed by atoms with E-state index in [-0.39, 0.29) is 0 Å². The number of nitrogens with two attached hydrogens (primary N) is 1. The summed E-state index contributed by atoms with van der Waals surface area (Å²) in [5.41, 5.74) is 9.48. The van der Waals surface area contributed by atoms with Crippen molar-refractivity contribution in [2.45, 2.75) is 27.2 Å². The Morgan fingerprint density at radius 1 is 1.43 bits per heavy atom. The van der Waals surface area contributed by atoms with Gasteiger partial charge < -0.3 is 10.8 Å². The van der Waals surface area contributed by atoms with Crippen LogP contribution in [0.1, 0.15) is 34.0 Å². The number of nitrogen functional groups attached to an aromatic ring is 1. The number of hydrogen-bond acceptors (Lipinski definition) is 2. The van der Waals surface area contributed by atoms with E-state index in [0.717, 1.165) is 28.8 Å². The molecule has 0 aliphatic carbocycles. The highest BCUT2D eigenvalue weighted by atomic mass is 16.4. The number of hydrogen-bond donors (Lipinski definition) is 2. The normalized spacial score (nSPS) is 10.2. The van der Waals surface area contributed by atoms with Gasteiger partial charge in [0.05, 0.1) is 5.56 Å². The summed E-state index contributed by atoms with van der Waals surface area (Å²) >= 11 is 0.